The zero-order valence-corrected chi connectivity index (χ0v) is 17.8. The first kappa shape index (κ1) is 27.0. The Hall–Kier alpha value is -3.22. The summed E-state index contributed by atoms with van der Waals surface area (Å²) in [6.45, 7) is 1.02. The fourth-order valence-corrected chi connectivity index (χ4v) is 3.26. The fraction of sp³-hybridized carbons (Fsp3) is 0.250. The number of carbonyl (C=O) groups is 1. The molecular formula is C20H15ClF8N4O. The summed E-state index contributed by atoms with van der Waals surface area (Å²) in [7, 11) is 0. The molecular weight excluding hydrogens is 500 g/mol. The van der Waals surface area contributed by atoms with Gasteiger partial charge in [0.15, 0.2) is 5.82 Å². The number of amidine groups is 1. The molecule has 0 atom stereocenters. The van der Waals surface area contributed by atoms with E-state index in [9.17, 15) is 39.9 Å². The lowest BCUT2D eigenvalue weighted by atomic mass is 9.93. The third kappa shape index (κ3) is 5.64. The molecule has 2 aromatic carbocycles. The summed E-state index contributed by atoms with van der Waals surface area (Å²) >= 11 is 5.50. The molecule has 3 N–H and O–H groups in total. The van der Waals surface area contributed by atoms with Gasteiger partial charge in [-0.05, 0) is 36.8 Å². The van der Waals surface area contributed by atoms with E-state index in [0.717, 1.165) is 12.1 Å². The highest BCUT2D eigenvalue weighted by atomic mass is 35.5. The largest absolute Gasteiger partial charge is 0.416 e. The highest BCUT2D eigenvalue weighted by molar-refractivity contribution is 6.31. The van der Waals surface area contributed by atoms with Crippen LogP contribution in [0.25, 0.3) is 0 Å². The van der Waals surface area contributed by atoms with E-state index in [1.54, 1.807) is 0 Å². The lowest BCUT2D eigenvalue weighted by molar-refractivity contribution is -0.143. The van der Waals surface area contributed by atoms with Gasteiger partial charge in [0.05, 0.1) is 23.2 Å². The second-order valence-electron chi connectivity index (χ2n) is 6.70. The van der Waals surface area contributed by atoms with E-state index in [1.807, 2.05) is 0 Å². The van der Waals surface area contributed by atoms with Crippen LogP contribution in [0.4, 0.5) is 40.8 Å². The summed E-state index contributed by atoms with van der Waals surface area (Å²) in [6.07, 6.45) is -11.4. The molecule has 184 valence electrons. The van der Waals surface area contributed by atoms with E-state index in [2.05, 4.69) is 4.99 Å². The zero-order chi connectivity index (χ0) is 26.0. The van der Waals surface area contributed by atoms with Crippen molar-refractivity contribution in [3.63, 3.8) is 0 Å². The topological polar surface area (TPSA) is 82.5 Å². The molecule has 0 bridgehead atoms. The number of likely N-dealkylation sites (N-methyl/N-ethyl adjacent to an activating group) is 1. The minimum absolute atomic E-state index is 0.185. The van der Waals surface area contributed by atoms with Crippen LogP contribution in [0.1, 0.15) is 29.2 Å². The zero-order valence-electron chi connectivity index (χ0n) is 17.1. The lowest BCUT2D eigenvalue weighted by Gasteiger charge is -2.24. The van der Waals surface area contributed by atoms with E-state index in [0.29, 0.717) is 11.2 Å². The van der Waals surface area contributed by atoms with Crippen LogP contribution in [-0.2, 0) is 23.6 Å². The predicted molar refractivity (Wildman–Crippen MR) is 109 cm³/mol. The van der Waals surface area contributed by atoms with Crippen LogP contribution in [0.5, 0.6) is 0 Å². The van der Waals surface area contributed by atoms with Crippen LogP contribution in [-0.4, -0.2) is 24.6 Å². The van der Waals surface area contributed by atoms with Crippen LogP contribution in [0.3, 0.4) is 0 Å². The maximum atomic E-state index is 14.4. The number of aliphatic imine (C=N–C) groups is 1. The molecule has 0 saturated carbocycles. The molecule has 2 aromatic rings. The number of rotatable bonds is 6. The highest BCUT2D eigenvalue weighted by Gasteiger charge is 2.40. The van der Waals surface area contributed by atoms with Crippen LogP contribution in [0.15, 0.2) is 29.3 Å². The SMILES string of the molecule is CCN(C(=O)Cc1c(C(N)=NC=N)cc(C(F)(F)F)cc1C(F)(F)F)c1ccc(F)c(Cl)c1F. The van der Waals surface area contributed by atoms with Gasteiger partial charge in [-0.3, -0.25) is 10.2 Å². The molecule has 0 spiro atoms. The van der Waals surface area contributed by atoms with Crippen molar-refractivity contribution in [2.24, 2.45) is 10.7 Å². The first-order valence-corrected chi connectivity index (χ1v) is 9.59. The van der Waals surface area contributed by atoms with Crippen molar-refractivity contribution in [1.29, 1.82) is 5.41 Å². The molecule has 5 nitrogen and oxygen atoms in total. The molecule has 2 rings (SSSR count). The van der Waals surface area contributed by atoms with Gasteiger partial charge in [-0.1, -0.05) is 11.6 Å². The molecule has 0 aliphatic carbocycles. The Labute approximate surface area is 192 Å². The first-order chi connectivity index (χ1) is 15.6. The molecule has 0 aromatic heterocycles. The Morgan fingerprint density at radius 2 is 1.76 bits per heavy atom. The second kappa shape index (κ2) is 9.95. The highest BCUT2D eigenvalue weighted by Crippen LogP contribution is 2.39. The molecule has 14 heteroatoms. The van der Waals surface area contributed by atoms with E-state index in [4.69, 9.17) is 22.7 Å². The minimum Gasteiger partial charge on any atom is -0.383 e. The number of anilines is 1. The summed E-state index contributed by atoms with van der Waals surface area (Å²) in [4.78, 5) is 16.8. The van der Waals surface area contributed by atoms with Crippen molar-refractivity contribution in [2.75, 3.05) is 11.4 Å². The molecule has 0 fully saturated rings. The Bertz CT molecular complexity index is 1140. The van der Waals surface area contributed by atoms with Gasteiger partial charge in [0.25, 0.3) is 0 Å². The molecule has 34 heavy (non-hydrogen) atoms. The Kier molecular flexibility index (Phi) is 7.91. The number of carbonyl (C=O) groups excluding carboxylic acids is 1. The van der Waals surface area contributed by atoms with Gasteiger partial charge in [0.1, 0.15) is 23.0 Å². The van der Waals surface area contributed by atoms with Gasteiger partial charge in [0.2, 0.25) is 5.91 Å². The van der Waals surface area contributed by atoms with Crippen molar-refractivity contribution < 1.29 is 39.9 Å². The number of alkyl halides is 6. The number of benzene rings is 2. The van der Waals surface area contributed by atoms with Crippen molar-refractivity contribution in [1.82, 2.24) is 0 Å². The number of hydrogen-bond acceptors (Lipinski definition) is 2. The van der Waals surface area contributed by atoms with Crippen molar-refractivity contribution >= 4 is 35.4 Å². The van der Waals surface area contributed by atoms with Gasteiger partial charge in [-0.25, -0.2) is 13.8 Å². The lowest BCUT2D eigenvalue weighted by Crippen LogP contribution is -2.34. The van der Waals surface area contributed by atoms with E-state index in [1.165, 1.54) is 6.92 Å². The first-order valence-electron chi connectivity index (χ1n) is 9.21. The number of amides is 1. The Morgan fingerprint density at radius 3 is 2.26 bits per heavy atom. The van der Waals surface area contributed by atoms with Gasteiger partial charge in [0, 0.05) is 12.1 Å². The number of nitrogens with zero attached hydrogens (tertiary/aromatic N) is 2. The van der Waals surface area contributed by atoms with Crippen molar-refractivity contribution in [3.05, 3.63) is 63.2 Å². The number of halogens is 9. The van der Waals surface area contributed by atoms with Gasteiger partial charge in [-0.2, -0.15) is 26.3 Å². The standard InChI is InChI=1S/C20H15ClF8N4O/c1-2-33(14-4-3-13(22)16(21)17(14)23)15(34)7-10-11(18(31)32-8-30)5-9(19(24,25)26)6-12(10)20(27,28)29/h3-6,8H,2,7H2,1H3,(H3,30,31,32). The maximum Gasteiger partial charge on any atom is 0.416 e. The second-order valence-corrected chi connectivity index (χ2v) is 7.08. The van der Waals surface area contributed by atoms with Crippen molar-refractivity contribution in [3.8, 4) is 0 Å². The van der Waals surface area contributed by atoms with Crippen LogP contribution in [0.2, 0.25) is 5.02 Å². The predicted octanol–water partition coefficient (Wildman–Crippen LogP) is 5.56. The number of hydrogen-bond donors (Lipinski definition) is 2. The Balaban J connectivity index is 2.73. The van der Waals surface area contributed by atoms with Crippen molar-refractivity contribution in [2.45, 2.75) is 25.7 Å². The molecule has 0 unspecified atom stereocenters. The summed E-state index contributed by atoms with van der Waals surface area (Å²) in [6, 6.07) is 1.65. The van der Waals surface area contributed by atoms with Crippen LogP contribution < -0.4 is 10.6 Å². The van der Waals surface area contributed by atoms with Crippen LogP contribution >= 0.6 is 11.6 Å². The summed E-state index contributed by atoms with van der Waals surface area (Å²) in [5, 5.41) is 5.96. The van der Waals surface area contributed by atoms with Gasteiger partial charge < -0.3 is 10.6 Å². The summed E-state index contributed by atoms with van der Waals surface area (Å²) in [5.41, 5.74) is -0.428. The number of nitrogens with two attached hydrogens (primary N) is 1. The van der Waals surface area contributed by atoms with Gasteiger partial charge >= 0.3 is 12.4 Å². The molecule has 0 aliphatic heterocycles. The Morgan fingerprint density at radius 1 is 1.15 bits per heavy atom. The number of nitrogens with one attached hydrogen (secondary N) is 1. The molecule has 1 amide bonds. The average Bonchev–Trinajstić information content (AvgIpc) is 2.72. The minimum atomic E-state index is -5.35. The smallest absolute Gasteiger partial charge is 0.383 e. The van der Waals surface area contributed by atoms with Gasteiger partial charge in [-0.15, -0.1) is 0 Å². The summed E-state index contributed by atoms with van der Waals surface area (Å²) < 4.78 is 109. The molecule has 0 radical (unpaired) electrons. The average molecular weight is 515 g/mol. The fourth-order valence-electron chi connectivity index (χ4n) is 3.10. The third-order valence-electron chi connectivity index (χ3n) is 4.61. The normalized spacial score (nSPS) is 12.6. The maximum absolute atomic E-state index is 14.4. The van der Waals surface area contributed by atoms with E-state index >= 15 is 0 Å². The quantitative estimate of drug-likeness (QED) is 0.229. The summed E-state index contributed by atoms with van der Waals surface area (Å²) in [5.74, 6) is -4.57. The monoisotopic (exact) mass is 514 g/mol. The molecule has 0 heterocycles. The van der Waals surface area contributed by atoms with E-state index in [-0.39, 0.29) is 18.7 Å². The molecule has 0 saturated heterocycles. The third-order valence-corrected chi connectivity index (χ3v) is 4.96. The van der Waals surface area contributed by atoms with E-state index < -0.39 is 75.1 Å². The molecule has 0 aliphatic rings. The van der Waals surface area contributed by atoms with Crippen LogP contribution in [0, 0.1) is 17.0 Å².